The molecule has 0 amide bonds. The topological polar surface area (TPSA) is 42.1 Å². The average molecular weight is 347 g/mol. The maximum Gasteiger partial charge on any atom is 0.310 e. The Morgan fingerprint density at radius 1 is 1.12 bits per heavy atom. The molecule has 1 spiro atoms. The highest BCUT2D eigenvalue weighted by Gasteiger charge is 2.65. The predicted octanol–water partition coefficient (Wildman–Crippen LogP) is 3.39. The zero-order valence-electron chi connectivity index (χ0n) is 15.7. The monoisotopic (exact) mass is 347 g/mol. The summed E-state index contributed by atoms with van der Waals surface area (Å²) in [6.07, 6.45) is 11.4. The van der Waals surface area contributed by atoms with Crippen LogP contribution in [0.4, 0.5) is 0 Å². The van der Waals surface area contributed by atoms with E-state index in [0.717, 1.165) is 39.1 Å². The van der Waals surface area contributed by atoms with Gasteiger partial charge in [0.2, 0.25) is 0 Å². The molecule has 4 heteroatoms. The Morgan fingerprint density at radius 2 is 1.88 bits per heavy atom. The van der Waals surface area contributed by atoms with Crippen LogP contribution in [0.25, 0.3) is 0 Å². The van der Waals surface area contributed by atoms with Crippen LogP contribution in [0, 0.1) is 23.2 Å². The second kappa shape index (κ2) is 5.95. The number of carbonyl (C=O) groups excluding carboxylic acids is 1. The number of fused-ring (bicyclic) bond motifs is 3. The van der Waals surface area contributed by atoms with Crippen LogP contribution < -0.4 is 0 Å². The summed E-state index contributed by atoms with van der Waals surface area (Å²) in [5.41, 5.74) is 0.477. The van der Waals surface area contributed by atoms with E-state index in [9.17, 15) is 4.79 Å². The maximum absolute atomic E-state index is 12.7. The fourth-order valence-electron chi connectivity index (χ4n) is 6.76. The van der Waals surface area contributed by atoms with Crippen molar-refractivity contribution in [3.05, 3.63) is 0 Å². The molecule has 4 nitrogen and oxygen atoms in total. The van der Waals surface area contributed by atoms with Gasteiger partial charge in [-0.05, 0) is 69.4 Å². The van der Waals surface area contributed by atoms with E-state index in [1.54, 1.807) is 0 Å². The Balaban J connectivity index is 1.34. The summed E-state index contributed by atoms with van der Waals surface area (Å²) >= 11 is 0. The second-order valence-electron chi connectivity index (χ2n) is 9.81. The zero-order chi connectivity index (χ0) is 17.1. The highest BCUT2D eigenvalue weighted by atomic mass is 16.6. The van der Waals surface area contributed by atoms with Crippen molar-refractivity contribution in [1.29, 1.82) is 0 Å². The summed E-state index contributed by atoms with van der Waals surface area (Å²) in [5.74, 6) is 1.25. The lowest BCUT2D eigenvalue weighted by molar-refractivity contribution is -0.147. The number of epoxide rings is 1. The van der Waals surface area contributed by atoms with Crippen molar-refractivity contribution in [2.24, 2.45) is 23.2 Å². The van der Waals surface area contributed by atoms with Gasteiger partial charge in [0.05, 0.1) is 18.1 Å². The summed E-state index contributed by atoms with van der Waals surface area (Å²) in [5, 5.41) is 0. The van der Waals surface area contributed by atoms with E-state index in [2.05, 4.69) is 11.8 Å². The molecular weight excluding hydrogens is 314 g/mol. The molecule has 5 rings (SSSR count). The van der Waals surface area contributed by atoms with Crippen molar-refractivity contribution in [1.82, 2.24) is 4.90 Å². The molecule has 2 aliphatic carbocycles. The van der Waals surface area contributed by atoms with E-state index >= 15 is 0 Å². The SMILES string of the molecule is CC12CCCC3(CO3)C1CC1C(C2)OC(=O)C1CN1CCCCCC1. The highest BCUT2D eigenvalue weighted by molar-refractivity contribution is 5.75. The van der Waals surface area contributed by atoms with Gasteiger partial charge in [0.1, 0.15) is 6.10 Å². The van der Waals surface area contributed by atoms with Crippen molar-refractivity contribution in [3.63, 3.8) is 0 Å². The van der Waals surface area contributed by atoms with Gasteiger partial charge in [-0.3, -0.25) is 4.79 Å². The molecule has 25 heavy (non-hydrogen) atoms. The summed E-state index contributed by atoms with van der Waals surface area (Å²) in [6.45, 7) is 6.64. The van der Waals surface area contributed by atoms with Gasteiger partial charge < -0.3 is 14.4 Å². The molecule has 3 aliphatic heterocycles. The molecular formula is C21H33NO3. The number of rotatable bonds is 2. The molecule has 5 aliphatic rings. The number of nitrogens with zero attached hydrogens (tertiary/aromatic N) is 1. The van der Waals surface area contributed by atoms with Gasteiger partial charge in [-0.2, -0.15) is 0 Å². The summed E-state index contributed by atoms with van der Waals surface area (Å²) in [6, 6.07) is 0. The molecule has 0 radical (unpaired) electrons. The first-order valence-corrected chi connectivity index (χ1v) is 10.7. The van der Waals surface area contributed by atoms with Gasteiger partial charge in [0.25, 0.3) is 0 Å². The molecule has 140 valence electrons. The predicted molar refractivity (Wildman–Crippen MR) is 95.1 cm³/mol. The second-order valence-corrected chi connectivity index (χ2v) is 9.81. The van der Waals surface area contributed by atoms with E-state index < -0.39 is 0 Å². The Bertz CT molecular complexity index is 537. The first kappa shape index (κ1) is 16.6. The average Bonchev–Trinajstić information content (AvgIpc) is 3.32. The van der Waals surface area contributed by atoms with Gasteiger partial charge in [-0.1, -0.05) is 19.8 Å². The molecule has 2 saturated carbocycles. The lowest BCUT2D eigenvalue weighted by atomic mass is 9.53. The van der Waals surface area contributed by atoms with E-state index in [1.807, 2.05) is 0 Å². The van der Waals surface area contributed by atoms with Crippen molar-refractivity contribution >= 4 is 5.97 Å². The van der Waals surface area contributed by atoms with Crippen molar-refractivity contribution < 1.29 is 14.3 Å². The Hall–Kier alpha value is -0.610. The first-order chi connectivity index (χ1) is 12.1. The summed E-state index contributed by atoms with van der Waals surface area (Å²) in [7, 11) is 0. The molecule has 0 aromatic heterocycles. The van der Waals surface area contributed by atoms with E-state index in [4.69, 9.17) is 9.47 Å². The fraction of sp³-hybridized carbons (Fsp3) is 0.952. The van der Waals surface area contributed by atoms with Gasteiger partial charge in [0, 0.05) is 12.5 Å². The molecule has 0 aromatic carbocycles. The van der Waals surface area contributed by atoms with Crippen LogP contribution in [-0.4, -0.2) is 48.8 Å². The third-order valence-electron chi connectivity index (χ3n) is 8.23. The Morgan fingerprint density at radius 3 is 2.60 bits per heavy atom. The van der Waals surface area contributed by atoms with Crippen LogP contribution in [0.1, 0.15) is 64.7 Å². The molecule has 0 N–H and O–H groups in total. The Labute approximate surface area is 151 Å². The smallest absolute Gasteiger partial charge is 0.310 e. The van der Waals surface area contributed by atoms with Crippen LogP contribution in [0.3, 0.4) is 0 Å². The summed E-state index contributed by atoms with van der Waals surface area (Å²) in [4.78, 5) is 15.2. The number of ether oxygens (including phenoxy) is 2. The number of esters is 1. The van der Waals surface area contributed by atoms with E-state index in [-0.39, 0.29) is 23.6 Å². The van der Waals surface area contributed by atoms with Crippen molar-refractivity contribution in [2.45, 2.75) is 76.4 Å². The highest BCUT2D eigenvalue weighted by Crippen LogP contribution is 2.62. The zero-order valence-corrected chi connectivity index (χ0v) is 15.7. The van der Waals surface area contributed by atoms with Crippen molar-refractivity contribution in [2.75, 3.05) is 26.2 Å². The maximum atomic E-state index is 12.7. The number of carbonyl (C=O) groups is 1. The van der Waals surface area contributed by atoms with Crippen LogP contribution >= 0.6 is 0 Å². The van der Waals surface area contributed by atoms with Crippen LogP contribution in [-0.2, 0) is 14.3 Å². The molecule has 3 saturated heterocycles. The third kappa shape index (κ3) is 2.75. The largest absolute Gasteiger partial charge is 0.462 e. The van der Waals surface area contributed by atoms with E-state index in [0.29, 0.717) is 17.3 Å². The first-order valence-electron chi connectivity index (χ1n) is 10.7. The minimum atomic E-state index is 0.0901. The summed E-state index contributed by atoms with van der Waals surface area (Å²) < 4.78 is 12.0. The minimum Gasteiger partial charge on any atom is -0.462 e. The number of likely N-dealkylation sites (tertiary alicyclic amines) is 1. The lowest BCUT2D eigenvalue weighted by Gasteiger charge is -2.51. The minimum absolute atomic E-state index is 0.0901. The number of hydrogen-bond donors (Lipinski definition) is 0. The van der Waals surface area contributed by atoms with Crippen LogP contribution in [0.2, 0.25) is 0 Å². The third-order valence-corrected chi connectivity index (χ3v) is 8.23. The molecule has 6 atom stereocenters. The normalized spacial score (nSPS) is 50.0. The lowest BCUT2D eigenvalue weighted by Crippen LogP contribution is -2.51. The van der Waals surface area contributed by atoms with Gasteiger partial charge in [-0.25, -0.2) is 0 Å². The fourth-order valence-corrected chi connectivity index (χ4v) is 6.76. The standard InChI is InChI=1S/C21H33NO3/c1-20-7-6-8-21(14-24-21)18(20)11-15-16(19(23)25-17(15)12-20)13-22-9-4-2-3-5-10-22/h15-18H,2-14H2,1H3. The Kier molecular flexibility index (Phi) is 3.94. The van der Waals surface area contributed by atoms with Crippen LogP contribution in [0.5, 0.6) is 0 Å². The van der Waals surface area contributed by atoms with Gasteiger partial charge in [-0.15, -0.1) is 0 Å². The number of hydrogen-bond acceptors (Lipinski definition) is 4. The van der Waals surface area contributed by atoms with Gasteiger partial charge in [0.15, 0.2) is 0 Å². The molecule has 0 aromatic rings. The van der Waals surface area contributed by atoms with E-state index in [1.165, 1.54) is 44.9 Å². The molecule has 3 heterocycles. The quantitative estimate of drug-likeness (QED) is 0.567. The van der Waals surface area contributed by atoms with Gasteiger partial charge >= 0.3 is 5.97 Å². The molecule has 6 unspecified atom stereocenters. The molecule has 5 fully saturated rings. The molecule has 0 bridgehead atoms. The van der Waals surface area contributed by atoms with Crippen LogP contribution in [0.15, 0.2) is 0 Å². The van der Waals surface area contributed by atoms with Crippen molar-refractivity contribution in [3.8, 4) is 0 Å².